The van der Waals surface area contributed by atoms with E-state index in [0.717, 1.165) is 12.7 Å². The molecule has 0 saturated heterocycles. The van der Waals surface area contributed by atoms with Crippen molar-refractivity contribution in [3.63, 3.8) is 0 Å². The minimum atomic E-state index is -3.39. The second-order valence-corrected chi connectivity index (χ2v) is 4.88. The van der Waals surface area contributed by atoms with Gasteiger partial charge in [-0.15, -0.1) is 0 Å². The highest BCUT2D eigenvalue weighted by Crippen LogP contribution is 2.26. The van der Waals surface area contributed by atoms with Gasteiger partial charge in [-0.2, -0.15) is 0 Å². The highest BCUT2D eigenvalue weighted by molar-refractivity contribution is 7.91. The number of hydrogen-bond donors (Lipinski definition) is 2. The van der Waals surface area contributed by atoms with Gasteiger partial charge in [0.05, 0.1) is 0 Å². The van der Waals surface area contributed by atoms with E-state index < -0.39 is 9.84 Å². The molecular formula is C7H13N3O3S. The minimum Gasteiger partial charge on any atom is -0.366 e. The third-order valence-electron chi connectivity index (χ3n) is 1.59. The van der Waals surface area contributed by atoms with E-state index >= 15 is 0 Å². The van der Waals surface area contributed by atoms with Gasteiger partial charge in [-0.05, 0) is 6.42 Å². The molecule has 0 aliphatic heterocycles. The molecule has 0 fully saturated rings. The van der Waals surface area contributed by atoms with Crippen molar-refractivity contribution in [3.8, 4) is 0 Å². The van der Waals surface area contributed by atoms with E-state index in [1.165, 1.54) is 0 Å². The van der Waals surface area contributed by atoms with Crippen LogP contribution >= 0.6 is 0 Å². The lowest BCUT2D eigenvalue weighted by Gasteiger charge is -2.01. The molecule has 0 aliphatic carbocycles. The molecule has 0 saturated carbocycles. The molecule has 0 aromatic carbocycles. The summed E-state index contributed by atoms with van der Waals surface area (Å²) < 4.78 is 27.2. The molecule has 1 rings (SSSR count). The van der Waals surface area contributed by atoms with Crippen LogP contribution in [0.4, 0.5) is 11.7 Å². The predicted molar refractivity (Wildman–Crippen MR) is 52.8 cm³/mol. The Morgan fingerprint density at radius 2 is 2.21 bits per heavy atom. The number of nitrogens with zero attached hydrogens (tertiary/aromatic N) is 1. The summed E-state index contributed by atoms with van der Waals surface area (Å²) in [5.41, 5.74) is 5.35. The van der Waals surface area contributed by atoms with Gasteiger partial charge in [-0.25, -0.2) is 8.42 Å². The normalized spacial score (nSPS) is 11.6. The van der Waals surface area contributed by atoms with E-state index in [4.69, 9.17) is 5.73 Å². The topological polar surface area (TPSA) is 98.2 Å². The summed E-state index contributed by atoms with van der Waals surface area (Å²) in [6.07, 6.45) is 1.92. The fourth-order valence-corrected chi connectivity index (χ4v) is 1.87. The van der Waals surface area contributed by atoms with Gasteiger partial charge < -0.3 is 15.6 Å². The summed E-state index contributed by atoms with van der Waals surface area (Å²) in [5.74, 6) is 0.0120. The fraction of sp³-hybridized carbons (Fsp3) is 0.571. The SMILES string of the molecule is CCCNc1noc(N)c1S(C)(=O)=O. The summed E-state index contributed by atoms with van der Waals surface area (Å²) in [7, 11) is -3.39. The van der Waals surface area contributed by atoms with Crippen LogP contribution in [0, 0.1) is 0 Å². The zero-order chi connectivity index (χ0) is 10.8. The molecule has 0 unspecified atom stereocenters. The maximum atomic E-state index is 11.3. The maximum Gasteiger partial charge on any atom is 0.243 e. The first-order chi connectivity index (χ1) is 6.46. The van der Waals surface area contributed by atoms with Gasteiger partial charge in [-0.3, -0.25) is 0 Å². The standard InChI is InChI=1S/C7H13N3O3S/c1-3-4-9-7-5(14(2,11)12)6(8)13-10-7/h3-4,8H2,1-2H3,(H,9,10). The number of nitrogen functional groups attached to an aromatic ring is 1. The highest BCUT2D eigenvalue weighted by atomic mass is 32.2. The number of hydrogen-bond acceptors (Lipinski definition) is 6. The van der Waals surface area contributed by atoms with Crippen LogP contribution in [0.25, 0.3) is 0 Å². The largest absolute Gasteiger partial charge is 0.366 e. The molecule has 3 N–H and O–H groups in total. The average Bonchev–Trinajstić information content (AvgIpc) is 2.42. The van der Waals surface area contributed by atoms with Crippen molar-refractivity contribution >= 4 is 21.5 Å². The molecule has 80 valence electrons. The molecule has 1 aromatic heterocycles. The smallest absolute Gasteiger partial charge is 0.243 e. The lowest BCUT2D eigenvalue weighted by atomic mass is 10.5. The van der Waals surface area contributed by atoms with E-state index in [0.29, 0.717) is 6.54 Å². The third-order valence-corrected chi connectivity index (χ3v) is 2.72. The Hall–Kier alpha value is -1.24. The lowest BCUT2D eigenvalue weighted by Crippen LogP contribution is -2.07. The Kier molecular flexibility index (Phi) is 3.00. The molecule has 1 heterocycles. The molecule has 0 bridgehead atoms. The Morgan fingerprint density at radius 3 is 2.71 bits per heavy atom. The third kappa shape index (κ3) is 2.16. The second-order valence-electron chi connectivity index (χ2n) is 2.92. The summed E-state index contributed by atoms with van der Waals surface area (Å²) in [4.78, 5) is -0.0639. The average molecular weight is 219 g/mol. The van der Waals surface area contributed by atoms with Crippen molar-refractivity contribution < 1.29 is 12.9 Å². The molecule has 0 radical (unpaired) electrons. The Balaban J connectivity index is 3.07. The summed E-state index contributed by atoms with van der Waals surface area (Å²) >= 11 is 0. The number of aromatic nitrogens is 1. The Bertz CT molecular complexity index is 410. The van der Waals surface area contributed by atoms with Crippen LogP contribution in [-0.4, -0.2) is 26.4 Å². The summed E-state index contributed by atoms with van der Waals surface area (Å²) in [5, 5.41) is 6.36. The first-order valence-corrected chi connectivity index (χ1v) is 6.05. The van der Waals surface area contributed by atoms with Crippen LogP contribution in [0.1, 0.15) is 13.3 Å². The number of anilines is 2. The molecule has 14 heavy (non-hydrogen) atoms. The molecular weight excluding hydrogens is 206 g/mol. The molecule has 0 amide bonds. The van der Waals surface area contributed by atoms with Gasteiger partial charge in [0.1, 0.15) is 0 Å². The van der Waals surface area contributed by atoms with Crippen LogP contribution in [0.5, 0.6) is 0 Å². The lowest BCUT2D eigenvalue weighted by molar-refractivity contribution is 0.437. The van der Waals surface area contributed by atoms with Crippen molar-refractivity contribution in [1.82, 2.24) is 5.16 Å². The van der Waals surface area contributed by atoms with Crippen LogP contribution in [0.2, 0.25) is 0 Å². The number of sulfone groups is 1. The highest BCUT2D eigenvalue weighted by Gasteiger charge is 2.22. The van der Waals surface area contributed by atoms with E-state index in [1.807, 2.05) is 6.92 Å². The quantitative estimate of drug-likeness (QED) is 0.764. The number of nitrogens with two attached hydrogens (primary N) is 1. The van der Waals surface area contributed by atoms with Crippen molar-refractivity contribution in [2.24, 2.45) is 0 Å². The maximum absolute atomic E-state index is 11.3. The predicted octanol–water partition coefficient (Wildman–Crippen LogP) is 0.482. The number of rotatable bonds is 4. The van der Waals surface area contributed by atoms with Crippen molar-refractivity contribution in [2.75, 3.05) is 23.9 Å². The molecule has 0 atom stereocenters. The van der Waals surface area contributed by atoms with Gasteiger partial charge in [-0.1, -0.05) is 12.1 Å². The zero-order valence-electron chi connectivity index (χ0n) is 8.07. The van der Waals surface area contributed by atoms with Crippen molar-refractivity contribution in [2.45, 2.75) is 18.2 Å². The molecule has 7 heteroatoms. The Labute approximate surface area is 82.4 Å². The molecule has 0 spiro atoms. The van der Waals surface area contributed by atoms with Gasteiger partial charge in [0.2, 0.25) is 5.88 Å². The van der Waals surface area contributed by atoms with Crippen LogP contribution in [0.3, 0.4) is 0 Å². The van der Waals surface area contributed by atoms with Gasteiger partial charge in [0.15, 0.2) is 20.6 Å². The van der Waals surface area contributed by atoms with E-state index in [-0.39, 0.29) is 16.6 Å². The second kappa shape index (κ2) is 3.87. The first-order valence-electron chi connectivity index (χ1n) is 4.16. The van der Waals surface area contributed by atoms with Gasteiger partial charge >= 0.3 is 0 Å². The van der Waals surface area contributed by atoms with Gasteiger partial charge in [0.25, 0.3) is 0 Å². The van der Waals surface area contributed by atoms with Crippen LogP contribution < -0.4 is 11.1 Å². The van der Waals surface area contributed by atoms with Crippen molar-refractivity contribution in [1.29, 1.82) is 0 Å². The van der Waals surface area contributed by atoms with Crippen molar-refractivity contribution in [3.05, 3.63) is 0 Å². The molecule has 1 aromatic rings. The molecule has 0 aliphatic rings. The van der Waals surface area contributed by atoms with Gasteiger partial charge in [0, 0.05) is 12.8 Å². The van der Waals surface area contributed by atoms with Crippen LogP contribution in [0.15, 0.2) is 9.42 Å². The molecule has 6 nitrogen and oxygen atoms in total. The van der Waals surface area contributed by atoms with E-state index in [2.05, 4.69) is 15.0 Å². The minimum absolute atomic E-state index is 0.0639. The summed E-state index contributed by atoms with van der Waals surface area (Å²) in [6, 6.07) is 0. The fourth-order valence-electron chi connectivity index (χ4n) is 1.01. The first kappa shape index (κ1) is 10.8. The Morgan fingerprint density at radius 1 is 1.57 bits per heavy atom. The monoisotopic (exact) mass is 219 g/mol. The number of nitrogens with one attached hydrogen (secondary N) is 1. The summed E-state index contributed by atoms with van der Waals surface area (Å²) in [6.45, 7) is 2.57. The van der Waals surface area contributed by atoms with Crippen LogP contribution in [-0.2, 0) is 9.84 Å². The van der Waals surface area contributed by atoms with E-state index in [9.17, 15) is 8.42 Å². The van der Waals surface area contributed by atoms with E-state index in [1.54, 1.807) is 0 Å². The zero-order valence-corrected chi connectivity index (χ0v) is 8.89.